The van der Waals surface area contributed by atoms with Gasteiger partial charge in [0, 0.05) is 12.2 Å². The maximum Gasteiger partial charge on any atom is 0.355 e. The van der Waals surface area contributed by atoms with Crippen LogP contribution in [-0.4, -0.2) is 42.6 Å². The number of carbonyl (C=O) groups excluding carboxylic acids is 3. The van der Waals surface area contributed by atoms with Crippen molar-refractivity contribution in [2.24, 2.45) is 5.92 Å². The van der Waals surface area contributed by atoms with Crippen LogP contribution in [0.3, 0.4) is 0 Å². The van der Waals surface area contributed by atoms with Crippen LogP contribution in [0.1, 0.15) is 52.9 Å². The minimum atomic E-state index is -0.647. The Labute approximate surface area is 135 Å². The van der Waals surface area contributed by atoms with Crippen LogP contribution in [0.25, 0.3) is 0 Å². The summed E-state index contributed by atoms with van der Waals surface area (Å²) in [5, 5.41) is 2.66. The zero-order valence-corrected chi connectivity index (χ0v) is 14.2. The molecule has 0 fully saturated rings. The third-order valence-corrected chi connectivity index (χ3v) is 3.16. The van der Waals surface area contributed by atoms with E-state index < -0.39 is 11.9 Å². The van der Waals surface area contributed by atoms with Crippen molar-refractivity contribution < 1.29 is 23.9 Å². The first-order chi connectivity index (χ1) is 10.8. The molecule has 1 heterocycles. The molecule has 2 N–H and O–H groups in total. The number of aromatic nitrogens is 1. The molecule has 0 saturated heterocycles. The normalized spacial score (nSPS) is 10.5. The highest BCUT2D eigenvalue weighted by Crippen LogP contribution is 2.19. The van der Waals surface area contributed by atoms with E-state index in [9.17, 15) is 14.4 Å². The van der Waals surface area contributed by atoms with Gasteiger partial charge >= 0.3 is 11.9 Å². The first-order valence-electron chi connectivity index (χ1n) is 7.58. The smallest absolute Gasteiger partial charge is 0.355 e. The van der Waals surface area contributed by atoms with Gasteiger partial charge in [0.05, 0.1) is 12.2 Å². The number of aromatic amines is 1. The minimum Gasteiger partial charge on any atom is -0.461 e. The summed E-state index contributed by atoms with van der Waals surface area (Å²) in [4.78, 5) is 38.4. The van der Waals surface area contributed by atoms with Crippen molar-refractivity contribution in [2.45, 2.75) is 34.6 Å². The van der Waals surface area contributed by atoms with Crippen molar-refractivity contribution >= 4 is 17.8 Å². The van der Waals surface area contributed by atoms with Gasteiger partial charge in [0.1, 0.15) is 5.69 Å². The number of ether oxygens (including phenoxy) is 2. The van der Waals surface area contributed by atoms with E-state index in [2.05, 4.69) is 10.3 Å². The third kappa shape index (κ3) is 5.12. The van der Waals surface area contributed by atoms with E-state index in [1.165, 1.54) is 0 Å². The maximum absolute atomic E-state index is 12.1. The average molecular weight is 324 g/mol. The van der Waals surface area contributed by atoms with Crippen molar-refractivity contribution in [1.82, 2.24) is 10.3 Å². The van der Waals surface area contributed by atoms with Crippen LogP contribution in [-0.2, 0) is 14.3 Å². The lowest BCUT2D eigenvalue weighted by Crippen LogP contribution is -2.31. The molecule has 1 aromatic heterocycles. The lowest BCUT2D eigenvalue weighted by molar-refractivity contribution is -0.124. The SMILES string of the molecule is CCOC(=O)c1[nH]c(C)c(C(=O)OCC(=O)NCC(C)C)c1C. The molecule has 0 aromatic carbocycles. The molecule has 0 aliphatic rings. The van der Waals surface area contributed by atoms with Gasteiger partial charge < -0.3 is 19.8 Å². The number of rotatable bonds is 7. The summed E-state index contributed by atoms with van der Waals surface area (Å²) in [5.74, 6) is -1.22. The number of esters is 2. The van der Waals surface area contributed by atoms with E-state index in [0.717, 1.165) is 0 Å². The van der Waals surface area contributed by atoms with Crippen LogP contribution in [0, 0.1) is 19.8 Å². The Bertz CT molecular complexity index is 590. The van der Waals surface area contributed by atoms with Gasteiger partial charge in [0.15, 0.2) is 6.61 Å². The molecule has 1 rings (SSSR count). The molecule has 128 valence electrons. The van der Waals surface area contributed by atoms with Crippen molar-refractivity contribution in [3.05, 3.63) is 22.5 Å². The highest BCUT2D eigenvalue weighted by molar-refractivity contribution is 5.99. The zero-order chi connectivity index (χ0) is 17.6. The lowest BCUT2D eigenvalue weighted by Gasteiger charge is -2.08. The second kappa shape index (κ2) is 8.36. The highest BCUT2D eigenvalue weighted by atomic mass is 16.5. The van der Waals surface area contributed by atoms with Gasteiger partial charge in [-0.3, -0.25) is 4.79 Å². The minimum absolute atomic E-state index is 0.223. The Morgan fingerprint density at radius 2 is 1.78 bits per heavy atom. The van der Waals surface area contributed by atoms with Gasteiger partial charge in [-0.2, -0.15) is 0 Å². The molecule has 7 heteroatoms. The Kier molecular flexibility index (Phi) is 6.81. The first-order valence-corrected chi connectivity index (χ1v) is 7.58. The van der Waals surface area contributed by atoms with Crippen molar-refractivity contribution in [1.29, 1.82) is 0 Å². The van der Waals surface area contributed by atoms with Crippen LogP contribution < -0.4 is 5.32 Å². The molecular formula is C16H24N2O5. The molecule has 0 atom stereocenters. The molecule has 0 radical (unpaired) electrons. The number of nitrogens with one attached hydrogen (secondary N) is 2. The summed E-state index contributed by atoms with van der Waals surface area (Å²) in [6, 6.07) is 0. The zero-order valence-electron chi connectivity index (χ0n) is 14.2. The fourth-order valence-electron chi connectivity index (χ4n) is 2.04. The monoisotopic (exact) mass is 324 g/mol. The highest BCUT2D eigenvalue weighted by Gasteiger charge is 2.24. The van der Waals surface area contributed by atoms with Crippen molar-refractivity contribution in [3.8, 4) is 0 Å². The Hall–Kier alpha value is -2.31. The van der Waals surface area contributed by atoms with Crippen LogP contribution in [0.2, 0.25) is 0 Å². The number of aryl methyl sites for hydroxylation is 1. The van der Waals surface area contributed by atoms with Crippen LogP contribution in [0.4, 0.5) is 0 Å². The second-order valence-electron chi connectivity index (χ2n) is 5.62. The third-order valence-electron chi connectivity index (χ3n) is 3.16. The molecule has 0 spiro atoms. The largest absolute Gasteiger partial charge is 0.461 e. The number of hydrogen-bond acceptors (Lipinski definition) is 5. The molecule has 1 aromatic rings. The van der Waals surface area contributed by atoms with Crippen LogP contribution in [0.5, 0.6) is 0 Å². The summed E-state index contributed by atoms with van der Waals surface area (Å²) >= 11 is 0. The van der Waals surface area contributed by atoms with Gasteiger partial charge in [0.25, 0.3) is 5.91 Å². The molecule has 0 aliphatic heterocycles. The summed E-state index contributed by atoms with van der Waals surface area (Å²) in [7, 11) is 0. The van der Waals surface area contributed by atoms with Gasteiger partial charge in [0.2, 0.25) is 0 Å². The molecule has 23 heavy (non-hydrogen) atoms. The van der Waals surface area contributed by atoms with Gasteiger partial charge in [-0.1, -0.05) is 13.8 Å². The van der Waals surface area contributed by atoms with Crippen LogP contribution in [0.15, 0.2) is 0 Å². The molecule has 0 unspecified atom stereocenters. The van der Waals surface area contributed by atoms with Gasteiger partial charge in [-0.05, 0) is 32.3 Å². The molecule has 0 aliphatic carbocycles. The van der Waals surface area contributed by atoms with E-state index in [0.29, 0.717) is 23.7 Å². The van der Waals surface area contributed by atoms with E-state index >= 15 is 0 Å². The van der Waals surface area contributed by atoms with Gasteiger partial charge in [-0.25, -0.2) is 9.59 Å². The number of H-pyrrole nitrogens is 1. The quantitative estimate of drug-likeness (QED) is 0.745. The van der Waals surface area contributed by atoms with Gasteiger partial charge in [-0.15, -0.1) is 0 Å². The molecular weight excluding hydrogens is 300 g/mol. The summed E-state index contributed by atoms with van der Waals surface area (Å²) in [6.45, 7) is 9.33. The topological polar surface area (TPSA) is 97.5 Å². The summed E-state index contributed by atoms with van der Waals surface area (Å²) < 4.78 is 9.94. The summed E-state index contributed by atoms with van der Waals surface area (Å²) in [5.41, 5.74) is 1.43. The van der Waals surface area contributed by atoms with Crippen molar-refractivity contribution in [2.75, 3.05) is 19.8 Å². The Morgan fingerprint density at radius 3 is 2.35 bits per heavy atom. The fourth-order valence-corrected chi connectivity index (χ4v) is 2.04. The predicted molar refractivity (Wildman–Crippen MR) is 84.4 cm³/mol. The van der Waals surface area contributed by atoms with Crippen molar-refractivity contribution in [3.63, 3.8) is 0 Å². The van der Waals surface area contributed by atoms with E-state index in [1.807, 2.05) is 13.8 Å². The van der Waals surface area contributed by atoms with Crippen LogP contribution >= 0.6 is 0 Å². The fraction of sp³-hybridized carbons (Fsp3) is 0.562. The maximum atomic E-state index is 12.1. The number of amides is 1. The standard InChI is InChI=1S/C16H24N2O5/c1-6-22-16(21)14-10(4)13(11(5)18-14)15(20)23-8-12(19)17-7-9(2)3/h9,18H,6-8H2,1-5H3,(H,17,19). The second-order valence-corrected chi connectivity index (χ2v) is 5.62. The first kappa shape index (κ1) is 18.7. The molecule has 0 bridgehead atoms. The lowest BCUT2D eigenvalue weighted by atomic mass is 10.1. The number of carbonyl (C=O) groups is 3. The predicted octanol–water partition coefficient (Wildman–Crippen LogP) is 1.74. The summed E-state index contributed by atoms with van der Waals surface area (Å²) in [6.07, 6.45) is 0. The van der Waals surface area contributed by atoms with E-state index in [-0.39, 0.29) is 30.4 Å². The van der Waals surface area contributed by atoms with E-state index in [1.54, 1.807) is 20.8 Å². The average Bonchev–Trinajstić information content (AvgIpc) is 2.78. The molecule has 7 nitrogen and oxygen atoms in total. The number of hydrogen-bond donors (Lipinski definition) is 2. The molecule has 0 saturated carbocycles. The Morgan fingerprint density at radius 1 is 1.13 bits per heavy atom. The molecule has 1 amide bonds. The van der Waals surface area contributed by atoms with E-state index in [4.69, 9.17) is 9.47 Å². The Balaban J connectivity index is 2.73.